The minimum Gasteiger partial charge on any atom is -0.494 e. The zero-order valence-electron chi connectivity index (χ0n) is 19.2. The van der Waals surface area contributed by atoms with Crippen LogP contribution >= 0.6 is 0 Å². The van der Waals surface area contributed by atoms with E-state index in [0.717, 1.165) is 34.5 Å². The fourth-order valence-electron chi connectivity index (χ4n) is 3.81. The second-order valence-corrected chi connectivity index (χ2v) is 8.25. The van der Waals surface area contributed by atoms with Gasteiger partial charge in [0.05, 0.1) is 18.7 Å². The van der Waals surface area contributed by atoms with Gasteiger partial charge < -0.3 is 10.1 Å². The molecule has 2 amide bonds. The molecule has 3 aromatic carbocycles. The van der Waals surface area contributed by atoms with Crippen molar-refractivity contribution in [1.82, 2.24) is 4.90 Å². The van der Waals surface area contributed by atoms with Crippen LogP contribution < -0.4 is 10.1 Å². The van der Waals surface area contributed by atoms with Crippen LogP contribution in [0.2, 0.25) is 0 Å². The molecule has 0 radical (unpaired) electrons. The quantitative estimate of drug-likeness (QED) is 0.471. The van der Waals surface area contributed by atoms with E-state index >= 15 is 0 Å². The van der Waals surface area contributed by atoms with Crippen LogP contribution in [0.15, 0.2) is 78.5 Å². The molecule has 0 aromatic heterocycles. The Morgan fingerprint density at radius 3 is 2.30 bits per heavy atom. The number of carbonyl (C=O) groups excluding carboxylic acids is 2. The van der Waals surface area contributed by atoms with E-state index in [1.807, 2.05) is 86.6 Å². The summed E-state index contributed by atoms with van der Waals surface area (Å²) in [6.07, 6.45) is 0.915. The molecule has 0 atom stereocenters. The third kappa shape index (κ3) is 4.82. The Morgan fingerprint density at radius 1 is 0.879 bits per heavy atom. The zero-order valence-corrected chi connectivity index (χ0v) is 19.2. The molecule has 33 heavy (non-hydrogen) atoms. The van der Waals surface area contributed by atoms with Gasteiger partial charge in [-0.05, 0) is 60.7 Å². The van der Waals surface area contributed by atoms with Crippen molar-refractivity contribution >= 4 is 23.1 Å². The van der Waals surface area contributed by atoms with E-state index in [1.165, 1.54) is 4.90 Å². The Bertz CT molecular complexity index is 1200. The highest BCUT2D eigenvalue weighted by atomic mass is 16.5. The fraction of sp³-hybridized carbons (Fsp3) is 0.214. The number of rotatable bonds is 8. The lowest BCUT2D eigenvalue weighted by molar-refractivity contribution is -0.137. The van der Waals surface area contributed by atoms with Crippen LogP contribution in [0.25, 0.3) is 5.57 Å². The number of anilines is 1. The molecule has 0 saturated carbocycles. The molecule has 0 bridgehead atoms. The third-order valence-electron chi connectivity index (χ3n) is 5.62. The lowest BCUT2D eigenvalue weighted by Gasteiger charge is -2.16. The number of imide groups is 1. The second kappa shape index (κ2) is 9.74. The summed E-state index contributed by atoms with van der Waals surface area (Å²) < 4.78 is 5.68. The Kier molecular flexibility index (Phi) is 6.59. The van der Waals surface area contributed by atoms with Crippen molar-refractivity contribution in [3.63, 3.8) is 0 Å². The van der Waals surface area contributed by atoms with Gasteiger partial charge in [0.25, 0.3) is 11.8 Å². The predicted octanol–water partition coefficient (Wildman–Crippen LogP) is 5.48. The van der Waals surface area contributed by atoms with E-state index in [9.17, 15) is 9.59 Å². The summed E-state index contributed by atoms with van der Waals surface area (Å²) >= 11 is 0. The van der Waals surface area contributed by atoms with Gasteiger partial charge in [0.15, 0.2) is 0 Å². The maximum Gasteiger partial charge on any atom is 0.278 e. The van der Waals surface area contributed by atoms with E-state index in [-0.39, 0.29) is 18.4 Å². The number of carbonyl (C=O) groups is 2. The van der Waals surface area contributed by atoms with Gasteiger partial charge in [0.2, 0.25) is 0 Å². The predicted molar refractivity (Wildman–Crippen MR) is 131 cm³/mol. The molecule has 0 spiro atoms. The first-order valence-electron chi connectivity index (χ1n) is 11.2. The SMILES string of the molecule is CCCOc1ccc(C2=C(Nc3cc(C)ccc3C)C(=O)N(Cc3ccccc3)C2=O)cc1. The number of benzene rings is 3. The standard InChI is InChI=1S/C28H28N2O3/c1-4-16-33-23-14-12-22(13-15-23)25-26(29-24-17-19(2)10-11-20(24)3)28(32)30(27(25)31)18-21-8-6-5-7-9-21/h5-15,17,29H,4,16,18H2,1-3H3. The molecule has 5 heteroatoms. The number of aryl methyl sites for hydroxylation is 2. The van der Waals surface area contributed by atoms with E-state index in [1.54, 1.807) is 0 Å². The van der Waals surface area contributed by atoms with Crippen molar-refractivity contribution in [2.45, 2.75) is 33.7 Å². The van der Waals surface area contributed by atoms with Gasteiger partial charge in [-0.3, -0.25) is 14.5 Å². The molecule has 3 aromatic rings. The smallest absolute Gasteiger partial charge is 0.278 e. The summed E-state index contributed by atoms with van der Waals surface area (Å²) in [5.41, 5.74) is 5.13. The van der Waals surface area contributed by atoms with E-state index in [4.69, 9.17) is 4.74 Å². The van der Waals surface area contributed by atoms with E-state index in [2.05, 4.69) is 12.2 Å². The summed E-state index contributed by atoms with van der Waals surface area (Å²) in [5, 5.41) is 3.28. The first-order chi connectivity index (χ1) is 16.0. The van der Waals surface area contributed by atoms with Crippen LogP contribution in [0.5, 0.6) is 5.75 Å². The molecular weight excluding hydrogens is 412 g/mol. The van der Waals surface area contributed by atoms with Gasteiger partial charge in [-0.15, -0.1) is 0 Å². The number of hydrogen-bond acceptors (Lipinski definition) is 4. The fourth-order valence-corrected chi connectivity index (χ4v) is 3.81. The molecule has 0 aliphatic carbocycles. The maximum atomic E-state index is 13.5. The minimum atomic E-state index is -0.328. The number of ether oxygens (including phenoxy) is 1. The monoisotopic (exact) mass is 440 g/mol. The first-order valence-corrected chi connectivity index (χ1v) is 11.2. The highest BCUT2D eigenvalue weighted by Crippen LogP contribution is 2.33. The van der Waals surface area contributed by atoms with Crippen LogP contribution in [0.3, 0.4) is 0 Å². The average molecular weight is 441 g/mol. The minimum absolute atomic E-state index is 0.220. The molecule has 0 fully saturated rings. The van der Waals surface area contributed by atoms with Crippen molar-refractivity contribution < 1.29 is 14.3 Å². The number of nitrogens with one attached hydrogen (secondary N) is 1. The van der Waals surface area contributed by atoms with Crippen molar-refractivity contribution in [2.24, 2.45) is 0 Å². The Balaban J connectivity index is 1.73. The van der Waals surface area contributed by atoms with Crippen molar-refractivity contribution in [3.05, 3.63) is 101 Å². The van der Waals surface area contributed by atoms with Crippen LogP contribution in [0.4, 0.5) is 5.69 Å². The van der Waals surface area contributed by atoms with Gasteiger partial charge in [0.1, 0.15) is 11.4 Å². The molecule has 1 heterocycles. The molecule has 1 aliphatic heterocycles. The van der Waals surface area contributed by atoms with Crippen molar-refractivity contribution in [3.8, 4) is 5.75 Å². The number of hydrogen-bond donors (Lipinski definition) is 1. The van der Waals surface area contributed by atoms with Crippen LogP contribution in [-0.2, 0) is 16.1 Å². The Morgan fingerprint density at radius 2 is 1.61 bits per heavy atom. The summed E-state index contributed by atoms with van der Waals surface area (Å²) in [4.78, 5) is 28.3. The number of nitrogens with zero attached hydrogens (tertiary/aromatic N) is 1. The summed E-state index contributed by atoms with van der Waals surface area (Å²) in [7, 11) is 0. The molecule has 0 saturated heterocycles. The first kappa shape index (κ1) is 22.3. The largest absolute Gasteiger partial charge is 0.494 e. The van der Waals surface area contributed by atoms with Gasteiger partial charge >= 0.3 is 0 Å². The summed E-state index contributed by atoms with van der Waals surface area (Å²) in [6, 6.07) is 22.9. The lowest BCUT2D eigenvalue weighted by atomic mass is 10.0. The van der Waals surface area contributed by atoms with E-state index < -0.39 is 0 Å². The van der Waals surface area contributed by atoms with Crippen molar-refractivity contribution in [1.29, 1.82) is 0 Å². The Hall–Kier alpha value is -3.86. The average Bonchev–Trinajstić information content (AvgIpc) is 3.05. The summed E-state index contributed by atoms with van der Waals surface area (Å²) in [5.74, 6) is 0.105. The third-order valence-corrected chi connectivity index (χ3v) is 5.62. The van der Waals surface area contributed by atoms with Gasteiger partial charge in [-0.2, -0.15) is 0 Å². The normalized spacial score (nSPS) is 13.6. The van der Waals surface area contributed by atoms with Gasteiger partial charge in [-0.1, -0.05) is 61.5 Å². The molecule has 5 nitrogen and oxygen atoms in total. The van der Waals surface area contributed by atoms with Crippen LogP contribution in [-0.4, -0.2) is 23.3 Å². The number of amides is 2. The maximum absolute atomic E-state index is 13.5. The highest BCUT2D eigenvalue weighted by molar-refractivity contribution is 6.36. The Labute approximate surface area is 194 Å². The van der Waals surface area contributed by atoms with E-state index in [0.29, 0.717) is 23.4 Å². The van der Waals surface area contributed by atoms with Crippen molar-refractivity contribution in [2.75, 3.05) is 11.9 Å². The molecule has 1 aliphatic rings. The van der Waals surface area contributed by atoms with Crippen LogP contribution in [0.1, 0.15) is 35.6 Å². The second-order valence-electron chi connectivity index (χ2n) is 8.25. The molecule has 4 rings (SSSR count). The molecule has 1 N–H and O–H groups in total. The molecular formula is C28H28N2O3. The molecule has 0 unspecified atom stereocenters. The summed E-state index contributed by atoms with van der Waals surface area (Å²) in [6.45, 7) is 6.87. The van der Waals surface area contributed by atoms with Crippen LogP contribution in [0, 0.1) is 13.8 Å². The molecule has 168 valence electrons. The topological polar surface area (TPSA) is 58.6 Å². The zero-order chi connectivity index (χ0) is 23.4. The lowest BCUT2D eigenvalue weighted by Crippen LogP contribution is -2.32. The van der Waals surface area contributed by atoms with Gasteiger partial charge in [-0.25, -0.2) is 0 Å². The highest BCUT2D eigenvalue weighted by Gasteiger charge is 2.39. The van der Waals surface area contributed by atoms with Gasteiger partial charge in [0, 0.05) is 5.69 Å².